The number of esters is 1. The minimum atomic E-state index is -4.35. The second kappa shape index (κ2) is 36.5. The van der Waals surface area contributed by atoms with Crippen molar-refractivity contribution in [2.45, 2.75) is 112 Å². The van der Waals surface area contributed by atoms with Gasteiger partial charge in [-0.15, -0.1) is 11.6 Å². The van der Waals surface area contributed by atoms with Gasteiger partial charge in [0.25, 0.3) is 11.8 Å². The highest BCUT2D eigenvalue weighted by Crippen LogP contribution is 2.39. The molecule has 2 atom stereocenters. The predicted molar refractivity (Wildman–Crippen MR) is 299 cm³/mol. The summed E-state index contributed by atoms with van der Waals surface area (Å²) in [5, 5.41) is 16.1. The summed E-state index contributed by atoms with van der Waals surface area (Å²) in [5.74, 6) is -2.70. The maximum Gasteiger partial charge on any atom is 0.344 e. The number of carboxylic acid groups (broad SMARTS) is 1. The van der Waals surface area contributed by atoms with E-state index >= 15 is 0 Å². The van der Waals surface area contributed by atoms with E-state index in [1.807, 2.05) is 59.0 Å². The zero-order valence-electron chi connectivity index (χ0n) is 45.2. The number of methoxy groups -OCH3 is 1. The fourth-order valence-corrected chi connectivity index (χ4v) is 7.90. The van der Waals surface area contributed by atoms with Gasteiger partial charge in [-0.1, -0.05) is 56.5 Å². The van der Waals surface area contributed by atoms with Crippen LogP contribution in [0.5, 0.6) is 5.75 Å². The largest absolute Gasteiger partial charge is 0.778 e. The monoisotopic (exact) mass is 1170 g/mol. The lowest BCUT2D eigenvalue weighted by atomic mass is 9.93. The highest BCUT2D eigenvalue weighted by Gasteiger charge is 2.41. The number of aliphatic carboxylic acids is 1. The molecule has 2 heterocycles. The molecule has 0 spiro atoms. The van der Waals surface area contributed by atoms with Gasteiger partial charge in [-0.2, -0.15) is 15.0 Å². The number of imide groups is 1. The molecule has 426 valence electrons. The Balaban J connectivity index is 0.000000531. The topological polar surface area (TPSA) is 275 Å². The molecule has 26 heteroatoms. The van der Waals surface area contributed by atoms with Crippen molar-refractivity contribution in [2.75, 3.05) is 91.4 Å². The van der Waals surface area contributed by atoms with E-state index in [9.17, 15) is 37.8 Å². The Bertz CT molecular complexity index is 2410. The lowest BCUT2D eigenvalue weighted by Crippen LogP contribution is -2.43. The van der Waals surface area contributed by atoms with Crippen LogP contribution < -0.4 is 35.4 Å². The lowest BCUT2D eigenvalue weighted by molar-refractivity contribution is -0.193. The fraction of sp³-hybridized carbons (Fsp3) is 0.560. The number of anilines is 4. The number of ether oxygens (including phenoxy) is 3. The van der Waals surface area contributed by atoms with E-state index in [-0.39, 0.29) is 45.6 Å². The summed E-state index contributed by atoms with van der Waals surface area (Å²) >= 11 is 17.5. The van der Waals surface area contributed by atoms with Gasteiger partial charge >= 0.3 is 11.9 Å². The van der Waals surface area contributed by atoms with Crippen molar-refractivity contribution in [3.05, 3.63) is 68.7 Å². The first-order valence-corrected chi connectivity index (χ1v) is 30.0. The molecule has 5 rings (SSSR count). The number of para-hydroxylation sites is 1. The third kappa shape index (κ3) is 25.7. The molecule has 0 radical (unpaired) electrons. The molecule has 0 saturated heterocycles. The average Bonchev–Trinajstić information content (AvgIpc) is 3.58. The van der Waals surface area contributed by atoms with E-state index < -0.39 is 56.6 Å². The number of unbranched alkanes of at least 4 members (excludes halogenated alkanes) is 2. The van der Waals surface area contributed by atoms with Gasteiger partial charge < -0.3 is 49.2 Å². The highest BCUT2D eigenvalue weighted by atomic mass is 35.5. The Labute approximate surface area is 464 Å². The van der Waals surface area contributed by atoms with E-state index in [4.69, 9.17) is 59.0 Å². The number of hydrogen-bond donors (Lipinski definition) is 5. The molecule has 3 amide bonds. The van der Waals surface area contributed by atoms with Crippen LogP contribution >= 0.6 is 42.4 Å². The number of hydrogen-bond acceptors (Lipinski definition) is 16. The first kappa shape index (κ1) is 69.4. The standard InChI is InChI=1S/C21H23ClFNO5.C15H22ClNO2.C8H14ClN5.C3H8NO5P.C3H9S/c1-2-3-6-9-28-19(25)12-29-18-11-17(16(23)10-15(18)22)24-20(26)13-7-4-5-8-14(13)21(24)27;1-5-13-8-6-7-11(2)15(13)17(14(18)9-16)12(3)10-19-4;1-4-10-7-12-6(9)13-8(14-7)11-5(2)3;5-3(6)1-4-2-10(7,8)9;1-4(2)3/h10-11H,2-9,12H2,1H3;6-8,12H,5,9-10H2,1-4H3;5H,4H2,1-3H3,(H2,10,11,12,13,14);4H,1-2H2,(H,5,6)(H2,7,8,9);1-3H3/q;;;;+1/p-1. The Morgan fingerprint density at radius 2 is 1.59 bits per heavy atom. The van der Waals surface area contributed by atoms with Crippen molar-refractivity contribution < 1.29 is 62.0 Å². The van der Waals surface area contributed by atoms with E-state index in [1.54, 1.807) is 12.0 Å². The summed E-state index contributed by atoms with van der Waals surface area (Å²) in [6.45, 7) is 14.7. The van der Waals surface area contributed by atoms with Gasteiger partial charge in [0.05, 0.1) is 67.3 Å². The molecule has 0 fully saturated rings. The number of carbonyl (C=O) groups is 5. The number of benzene rings is 2. The number of nitrogens with one attached hydrogen (secondary N) is 3. The van der Waals surface area contributed by atoms with Crippen LogP contribution in [0.15, 0.2) is 41.5 Å². The summed E-state index contributed by atoms with van der Waals surface area (Å²) in [6.07, 6.45) is 12.2. The van der Waals surface area contributed by atoms with Crippen molar-refractivity contribution in [2.24, 2.45) is 0 Å². The second-order valence-corrected chi connectivity index (χ2v) is 22.7. The Morgan fingerprint density at radius 3 is 2.11 bits per heavy atom. The number of aryl methyl sites for hydroxylation is 2. The Hall–Kier alpha value is -4.64. The minimum absolute atomic E-state index is 0.000883. The van der Waals surface area contributed by atoms with Gasteiger partial charge in [0, 0.05) is 36.9 Å². The van der Waals surface area contributed by atoms with Crippen molar-refractivity contribution in [1.82, 2.24) is 20.3 Å². The van der Waals surface area contributed by atoms with Crippen LogP contribution in [0.2, 0.25) is 10.3 Å². The molecule has 1 aliphatic heterocycles. The number of carbonyl (C=O) groups excluding carboxylic acids is 4. The second-order valence-electron chi connectivity index (χ2n) is 17.6. The van der Waals surface area contributed by atoms with E-state index in [0.717, 1.165) is 72.9 Å². The summed E-state index contributed by atoms with van der Waals surface area (Å²) in [6, 6.07) is 8.46. The maximum atomic E-state index is 14.5. The average molecular weight is 1170 g/mol. The zero-order valence-corrected chi connectivity index (χ0v) is 49.2. The number of alkyl halides is 1. The lowest BCUT2D eigenvalue weighted by Gasteiger charge is -2.31. The van der Waals surface area contributed by atoms with Crippen molar-refractivity contribution >= 4 is 106 Å². The highest BCUT2D eigenvalue weighted by molar-refractivity contribution is 7.94. The van der Waals surface area contributed by atoms with Crippen LogP contribution in [-0.4, -0.2) is 138 Å². The molecule has 3 aromatic rings. The van der Waals surface area contributed by atoms with Gasteiger partial charge in [0.15, 0.2) is 6.61 Å². The van der Waals surface area contributed by atoms with E-state index in [2.05, 4.69) is 57.3 Å². The van der Waals surface area contributed by atoms with Crippen molar-refractivity contribution in [3.63, 3.8) is 0 Å². The van der Waals surface area contributed by atoms with Crippen LogP contribution in [-0.2, 0) is 55.3 Å². The Morgan fingerprint density at radius 1 is 0.987 bits per heavy atom. The quantitative estimate of drug-likeness (QED) is 0.0159. The summed E-state index contributed by atoms with van der Waals surface area (Å²) in [4.78, 5) is 91.7. The minimum Gasteiger partial charge on any atom is -0.778 e. The number of nitrogens with zero attached hydrogens (tertiary/aromatic N) is 5. The van der Waals surface area contributed by atoms with Crippen LogP contribution in [0.4, 0.5) is 27.7 Å². The van der Waals surface area contributed by atoms with Gasteiger partial charge in [-0.3, -0.25) is 24.5 Å². The third-order valence-corrected chi connectivity index (χ3v) is 11.4. The van der Waals surface area contributed by atoms with Crippen LogP contribution in [0, 0.1) is 12.7 Å². The third-order valence-electron chi connectivity index (χ3n) is 10.1. The molecule has 2 unspecified atom stereocenters. The normalized spacial score (nSPS) is 13.8. The number of aromatic nitrogens is 3. The number of rotatable bonds is 22. The van der Waals surface area contributed by atoms with Gasteiger partial charge in [-0.05, 0) is 113 Å². The van der Waals surface area contributed by atoms with E-state index in [1.165, 1.54) is 6.07 Å². The van der Waals surface area contributed by atoms with Crippen LogP contribution in [0.1, 0.15) is 97.6 Å². The molecule has 20 nitrogen and oxygen atoms in total. The van der Waals surface area contributed by atoms with Crippen molar-refractivity contribution in [1.29, 1.82) is 0 Å². The first-order valence-electron chi connectivity index (χ1n) is 24.5. The van der Waals surface area contributed by atoms with Gasteiger partial charge in [-0.25, -0.2) is 14.1 Å². The number of halogens is 4. The SMILES string of the molecule is CCCCCOC(=O)COc1cc(N2C(=O)C3=C(CCCC3)C2=O)c(F)cc1Cl.CCNc1nc(Cl)nc(NC(C)C)n1.CCc1cccc(C)c1N(C(=O)CCl)C(C)COC.C[S+](C)C.O=C(O)CNCP(=O)([O-])O. The van der Waals surface area contributed by atoms with Crippen LogP contribution in [0.3, 0.4) is 0 Å². The summed E-state index contributed by atoms with van der Waals surface area (Å²) in [5.41, 5.74) is 3.88. The molecule has 1 aromatic heterocycles. The molecule has 0 saturated carbocycles. The van der Waals surface area contributed by atoms with Crippen molar-refractivity contribution in [3.8, 4) is 5.75 Å². The van der Waals surface area contributed by atoms with E-state index in [0.29, 0.717) is 60.0 Å². The predicted octanol–water partition coefficient (Wildman–Crippen LogP) is 7.93. The first-order chi connectivity index (χ1) is 35.8. The maximum absolute atomic E-state index is 14.5. The molecule has 1 aliphatic carbocycles. The number of carboxylic acids is 1. The molecule has 5 N–H and O–H groups in total. The summed E-state index contributed by atoms with van der Waals surface area (Å²) in [7, 11) is -2.07. The Kier molecular flexibility index (Phi) is 33.3. The smallest absolute Gasteiger partial charge is 0.344 e. The molecular formula is C50H75Cl3FN8O12PS. The molecule has 2 aliphatic rings. The number of amides is 3. The van der Waals surface area contributed by atoms with Gasteiger partial charge in [0.1, 0.15) is 25.0 Å². The molecule has 2 aromatic carbocycles. The van der Waals surface area contributed by atoms with Crippen LogP contribution in [0.25, 0.3) is 0 Å². The summed E-state index contributed by atoms with van der Waals surface area (Å²) < 4.78 is 40.1. The zero-order chi connectivity index (χ0) is 57.7. The fourth-order valence-electron chi connectivity index (χ4n) is 7.01. The molecular weight excluding hydrogens is 1090 g/mol. The van der Waals surface area contributed by atoms with Gasteiger partial charge in [0.2, 0.25) is 23.1 Å². The molecule has 0 bridgehead atoms. The molecule has 76 heavy (non-hydrogen) atoms.